The van der Waals surface area contributed by atoms with Crippen molar-refractivity contribution in [2.24, 2.45) is 0 Å². The van der Waals surface area contributed by atoms with Crippen molar-refractivity contribution in [2.75, 3.05) is 40.3 Å². The lowest BCUT2D eigenvalue weighted by atomic mass is 9.93. The standard InChI is InChI=1S/C34H52FN3O4/c1-23(2)25(14-15-26-13-11-17-36-24(26)3)12-9-8-10-18-37(6)28-16-19-38(22-28)31(33(39)40)29-20-27(34(4,5)41)21-30(35)32(29)42-7/h14-15,20-21,28,31,36,41H,8-13,16-19,22H2,1-7H3,(H,39,40)/b15-14-/t28-,31?/m1/s1. The van der Waals surface area contributed by atoms with E-state index < -0.39 is 23.4 Å². The highest BCUT2D eigenvalue weighted by Crippen LogP contribution is 2.37. The average molecular weight is 586 g/mol. The number of ether oxygens (including phenoxy) is 1. The number of likely N-dealkylation sites (N-methyl/N-ethyl adjacent to an activating group) is 1. The molecule has 2 heterocycles. The SMILES string of the molecule is COc1c(F)cc(C(C)(C)O)cc1C(C(=O)O)N1CC[C@@H](N(C)CCCCCC(/C=C\C2=C(C)NCCC2)=C(C)C)C1. The molecule has 1 fully saturated rings. The summed E-state index contributed by atoms with van der Waals surface area (Å²) in [5, 5.41) is 24.2. The summed E-state index contributed by atoms with van der Waals surface area (Å²) in [5.41, 5.74) is 4.73. The second kappa shape index (κ2) is 15.2. The molecule has 42 heavy (non-hydrogen) atoms. The number of benzene rings is 1. The van der Waals surface area contributed by atoms with Gasteiger partial charge in [0.2, 0.25) is 0 Å². The first kappa shape index (κ1) is 33.8. The molecule has 8 heteroatoms. The maximum absolute atomic E-state index is 14.9. The van der Waals surface area contributed by atoms with Crippen molar-refractivity contribution in [3.63, 3.8) is 0 Å². The predicted octanol–water partition coefficient (Wildman–Crippen LogP) is 6.30. The van der Waals surface area contributed by atoms with Crippen molar-refractivity contribution in [2.45, 2.75) is 97.2 Å². The molecule has 1 unspecified atom stereocenters. The number of hydrogen-bond donors (Lipinski definition) is 3. The van der Waals surface area contributed by atoms with Crippen LogP contribution in [0.25, 0.3) is 0 Å². The molecule has 2 aliphatic heterocycles. The van der Waals surface area contributed by atoms with Crippen molar-refractivity contribution in [3.05, 3.63) is 63.6 Å². The van der Waals surface area contributed by atoms with E-state index in [-0.39, 0.29) is 17.4 Å². The Labute approximate surface area is 252 Å². The summed E-state index contributed by atoms with van der Waals surface area (Å²) in [6.45, 7) is 12.8. The fourth-order valence-corrected chi connectivity index (χ4v) is 6.04. The number of aliphatic carboxylic acids is 1. The number of unbranched alkanes of at least 4 members (excludes halogenated alkanes) is 2. The van der Waals surface area contributed by atoms with E-state index in [1.54, 1.807) is 19.9 Å². The third kappa shape index (κ3) is 8.91. The highest BCUT2D eigenvalue weighted by atomic mass is 19.1. The number of hydrogen-bond acceptors (Lipinski definition) is 6. The second-order valence-corrected chi connectivity index (χ2v) is 12.6. The van der Waals surface area contributed by atoms with Gasteiger partial charge in [-0.1, -0.05) is 24.1 Å². The Kier molecular flexibility index (Phi) is 12.2. The van der Waals surface area contributed by atoms with Gasteiger partial charge in [0, 0.05) is 36.9 Å². The molecule has 0 radical (unpaired) electrons. The Morgan fingerprint density at radius 2 is 2.02 bits per heavy atom. The molecule has 1 aromatic rings. The molecular formula is C34H52FN3O4. The minimum absolute atomic E-state index is 0.0833. The van der Waals surface area contributed by atoms with E-state index in [2.05, 4.69) is 50.2 Å². The van der Waals surface area contributed by atoms with Gasteiger partial charge in [-0.25, -0.2) is 4.39 Å². The van der Waals surface area contributed by atoms with Gasteiger partial charge in [0.15, 0.2) is 11.6 Å². The van der Waals surface area contributed by atoms with Crippen molar-refractivity contribution in [1.29, 1.82) is 0 Å². The lowest BCUT2D eigenvalue weighted by Gasteiger charge is -2.29. The minimum atomic E-state index is -1.31. The van der Waals surface area contributed by atoms with E-state index in [4.69, 9.17) is 4.74 Å². The molecule has 0 aromatic heterocycles. The fraction of sp³-hybridized carbons (Fsp3) is 0.618. The normalized spacial score (nSPS) is 19.0. The Morgan fingerprint density at radius 1 is 1.29 bits per heavy atom. The van der Waals surface area contributed by atoms with Gasteiger partial charge in [0.05, 0.1) is 12.7 Å². The quantitative estimate of drug-likeness (QED) is 0.174. The van der Waals surface area contributed by atoms with E-state index in [0.29, 0.717) is 18.7 Å². The third-order valence-electron chi connectivity index (χ3n) is 8.77. The van der Waals surface area contributed by atoms with E-state index in [9.17, 15) is 19.4 Å². The number of aliphatic hydroxyl groups is 1. The van der Waals surface area contributed by atoms with E-state index in [0.717, 1.165) is 51.6 Å². The van der Waals surface area contributed by atoms with Crippen LogP contribution in [-0.2, 0) is 10.4 Å². The molecule has 0 bridgehead atoms. The molecule has 3 rings (SSSR count). The molecule has 0 spiro atoms. The summed E-state index contributed by atoms with van der Waals surface area (Å²) < 4.78 is 20.2. The first-order valence-electron chi connectivity index (χ1n) is 15.4. The van der Waals surface area contributed by atoms with Crippen LogP contribution in [0.1, 0.15) is 96.7 Å². The molecule has 0 aliphatic carbocycles. The van der Waals surface area contributed by atoms with E-state index in [1.807, 2.05) is 4.90 Å². The summed E-state index contributed by atoms with van der Waals surface area (Å²) in [4.78, 5) is 16.7. The number of carbonyl (C=O) groups is 1. The first-order valence-corrected chi connectivity index (χ1v) is 15.4. The minimum Gasteiger partial charge on any atom is -0.493 e. The molecule has 0 saturated carbocycles. The highest BCUT2D eigenvalue weighted by molar-refractivity contribution is 5.77. The number of rotatable bonds is 14. The van der Waals surface area contributed by atoms with Gasteiger partial charge in [-0.2, -0.15) is 0 Å². The number of nitrogens with one attached hydrogen (secondary N) is 1. The van der Waals surface area contributed by atoms with Crippen LogP contribution in [0, 0.1) is 5.82 Å². The van der Waals surface area contributed by atoms with Gasteiger partial charge in [-0.15, -0.1) is 0 Å². The Bertz CT molecular complexity index is 1180. The zero-order chi connectivity index (χ0) is 31.0. The van der Waals surface area contributed by atoms with Crippen molar-refractivity contribution in [1.82, 2.24) is 15.1 Å². The fourth-order valence-electron chi connectivity index (χ4n) is 6.04. The van der Waals surface area contributed by atoms with Crippen molar-refractivity contribution in [3.8, 4) is 5.75 Å². The highest BCUT2D eigenvalue weighted by Gasteiger charge is 2.38. The van der Waals surface area contributed by atoms with Gasteiger partial charge in [0.1, 0.15) is 6.04 Å². The van der Waals surface area contributed by atoms with Crippen LogP contribution in [0.4, 0.5) is 4.39 Å². The molecule has 7 nitrogen and oxygen atoms in total. The Balaban J connectivity index is 1.55. The smallest absolute Gasteiger partial charge is 0.325 e. The molecule has 2 aliphatic rings. The molecule has 0 amide bonds. The van der Waals surface area contributed by atoms with Crippen LogP contribution in [-0.4, -0.2) is 72.4 Å². The topological polar surface area (TPSA) is 85.3 Å². The first-order chi connectivity index (χ1) is 19.8. The maximum Gasteiger partial charge on any atom is 0.325 e. The third-order valence-corrected chi connectivity index (χ3v) is 8.77. The summed E-state index contributed by atoms with van der Waals surface area (Å²) in [6.07, 6.45) is 12.2. The van der Waals surface area contributed by atoms with Gasteiger partial charge < -0.3 is 25.2 Å². The summed E-state index contributed by atoms with van der Waals surface area (Å²) in [5.74, 6) is -1.81. The van der Waals surface area contributed by atoms with Crippen LogP contribution in [0.3, 0.4) is 0 Å². The largest absolute Gasteiger partial charge is 0.493 e. The second-order valence-electron chi connectivity index (χ2n) is 12.6. The number of carboxylic acids is 1. The number of likely N-dealkylation sites (tertiary alicyclic amines) is 1. The number of allylic oxidation sites excluding steroid dienone is 6. The monoisotopic (exact) mass is 585 g/mol. The van der Waals surface area contributed by atoms with Crippen LogP contribution in [0.15, 0.2) is 46.7 Å². The number of carboxylic acid groups (broad SMARTS) is 1. The summed E-state index contributed by atoms with van der Waals surface area (Å²) in [7, 11) is 3.45. The number of nitrogens with zero attached hydrogens (tertiary/aromatic N) is 2. The predicted molar refractivity (Wildman–Crippen MR) is 167 cm³/mol. The van der Waals surface area contributed by atoms with E-state index >= 15 is 0 Å². The van der Waals surface area contributed by atoms with Crippen molar-refractivity contribution >= 4 is 5.97 Å². The van der Waals surface area contributed by atoms with Crippen LogP contribution in [0.5, 0.6) is 5.75 Å². The summed E-state index contributed by atoms with van der Waals surface area (Å²) in [6, 6.07) is 1.94. The molecule has 234 valence electrons. The average Bonchev–Trinajstić information content (AvgIpc) is 3.39. The molecule has 3 N–H and O–H groups in total. The van der Waals surface area contributed by atoms with E-state index in [1.165, 1.54) is 42.0 Å². The Morgan fingerprint density at radius 3 is 2.64 bits per heavy atom. The van der Waals surface area contributed by atoms with Crippen LogP contribution in [0.2, 0.25) is 0 Å². The van der Waals surface area contributed by atoms with Gasteiger partial charge in [-0.05, 0) is 116 Å². The lowest BCUT2D eigenvalue weighted by molar-refractivity contribution is -0.143. The molecule has 1 aromatic carbocycles. The summed E-state index contributed by atoms with van der Waals surface area (Å²) >= 11 is 0. The van der Waals surface area contributed by atoms with Gasteiger partial charge in [0.25, 0.3) is 0 Å². The number of methoxy groups -OCH3 is 1. The zero-order valence-electron chi connectivity index (χ0n) is 26.7. The molecule has 2 atom stereocenters. The van der Waals surface area contributed by atoms with Gasteiger partial charge >= 0.3 is 5.97 Å². The maximum atomic E-state index is 14.9. The number of halogens is 1. The van der Waals surface area contributed by atoms with Crippen LogP contribution >= 0.6 is 0 Å². The molecule has 1 saturated heterocycles. The lowest BCUT2D eigenvalue weighted by Crippen LogP contribution is -2.38. The zero-order valence-corrected chi connectivity index (χ0v) is 26.7. The van der Waals surface area contributed by atoms with Gasteiger partial charge in [-0.3, -0.25) is 9.69 Å². The van der Waals surface area contributed by atoms with Crippen molar-refractivity contribution < 1.29 is 24.1 Å². The Hall–Kier alpha value is -2.68. The molecular weight excluding hydrogens is 533 g/mol. The van der Waals surface area contributed by atoms with Crippen LogP contribution < -0.4 is 10.1 Å².